The van der Waals surface area contributed by atoms with Gasteiger partial charge in [0.05, 0.1) is 16.7 Å². The van der Waals surface area contributed by atoms with Gasteiger partial charge in [-0.25, -0.2) is 9.97 Å². The van der Waals surface area contributed by atoms with Crippen LogP contribution in [0, 0.1) is 6.92 Å². The first-order valence-electron chi connectivity index (χ1n) is 11.5. The Kier molecular flexibility index (Phi) is 3.71. The maximum atomic E-state index is 5.36. The van der Waals surface area contributed by atoms with Crippen LogP contribution in [0.3, 0.4) is 0 Å². The highest BCUT2D eigenvalue weighted by molar-refractivity contribution is 5.99. The molecule has 0 saturated heterocycles. The average molecular weight is 414 g/mol. The Morgan fingerprint density at radius 2 is 1.59 bits per heavy atom. The maximum absolute atomic E-state index is 5.36. The molecule has 2 heterocycles. The minimum atomic E-state index is 0.959. The summed E-state index contributed by atoms with van der Waals surface area (Å²) in [6, 6.07) is 17.2. The third-order valence-electron chi connectivity index (χ3n) is 7.05. The smallest absolute Gasteiger partial charge is 0.148 e. The Balaban J connectivity index is 1.77. The predicted octanol–water partition coefficient (Wildman–Crippen LogP) is 5.33. The van der Waals surface area contributed by atoms with Gasteiger partial charge >= 0.3 is 0 Å². The molecule has 0 fully saturated rings. The van der Waals surface area contributed by atoms with Gasteiger partial charge in [0.15, 0.2) is 0 Å². The van der Waals surface area contributed by atoms with Gasteiger partial charge in [-0.05, 0) is 71.5 Å². The fourth-order valence-electron chi connectivity index (χ4n) is 5.56. The SMILES string of the molecule is Cc1c2c(c(-c3nc4c(c5nc6ccccc6n35)C=CCC4)c3ccccc13)=CCCC=2. The van der Waals surface area contributed by atoms with Crippen molar-refractivity contribution >= 4 is 45.7 Å². The van der Waals surface area contributed by atoms with Crippen molar-refractivity contribution in [2.45, 2.75) is 32.6 Å². The molecule has 32 heavy (non-hydrogen) atoms. The third kappa shape index (κ3) is 2.36. The lowest BCUT2D eigenvalue weighted by molar-refractivity contribution is 0.910. The minimum absolute atomic E-state index is 0.959. The van der Waals surface area contributed by atoms with E-state index in [0.717, 1.165) is 59.4 Å². The zero-order valence-corrected chi connectivity index (χ0v) is 18.1. The highest BCUT2D eigenvalue weighted by atomic mass is 15.1. The second-order valence-corrected chi connectivity index (χ2v) is 8.85. The summed E-state index contributed by atoms with van der Waals surface area (Å²) >= 11 is 0. The van der Waals surface area contributed by atoms with Gasteiger partial charge in [-0.1, -0.05) is 60.7 Å². The summed E-state index contributed by atoms with van der Waals surface area (Å²) in [5, 5.41) is 5.27. The van der Waals surface area contributed by atoms with Gasteiger partial charge in [-0.15, -0.1) is 0 Å². The van der Waals surface area contributed by atoms with Gasteiger partial charge in [0.25, 0.3) is 0 Å². The van der Waals surface area contributed by atoms with E-state index in [1.807, 2.05) is 0 Å². The lowest BCUT2D eigenvalue weighted by atomic mass is 9.91. The Labute approximate surface area is 186 Å². The predicted molar refractivity (Wildman–Crippen MR) is 133 cm³/mol. The topological polar surface area (TPSA) is 30.2 Å². The number of allylic oxidation sites excluding steroid dienone is 1. The van der Waals surface area contributed by atoms with Crippen LogP contribution in [0.25, 0.3) is 57.1 Å². The van der Waals surface area contributed by atoms with E-state index in [4.69, 9.17) is 9.97 Å². The lowest BCUT2D eigenvalue weighted by Crippen LogP contribution is -2.32. The molecule has 0 radical (unpaired) electrons. The van der Waals surface area contributed by atoms with Crippen molar-refractivity contribution in [2.24, 2.45) is 0 Å². The number of hydrogen-bond acceptors (Lipinski definition) is 2. The number of hydrogen-bond donors (Lipinski definition) is 0. The number of fused-ring (bicyclic) bond motifs is 7. The van der Waals surface area contributed by atoms with E-state index in [1.165, 1.54) is 32.3 Å². The van der Waals surface area contributed by atoms with Crippen molar-refractivity contribution < 1.29 is 0 Å². The standard InChI is InChI=1S/C29H23N3/c1-18-19-10-2-4-12-21(19)27(22-13-5-3-11-20(18)22)29-30-24-15-7-6-14-23(24)28-31-25-16-8-9-17-26(25)32(28)29/h2,4,6,8-14,16-17H,3,5,7,15H2,1H3. The zero-order valence-electron chi connectivity index (χ0n) is 18.1. The molecule has 7 rings (SSSR count). The minimum Gasteiger partial charge on any atom is -0.276 e. The summed E-state index contributed by atoms with van der Waals surface area (Å²) in [5.41, 5.74) is 8.07. The van der Waals surface area contributed by atoms with E-state index >= 15 is 0 Å². The number of benzene rings is 3. The molecular weight excluding hydrogens is 390 g/mol. The molecule has 0 spiro atoms. The lowest BCUT2D eigenvalue weighted by Gasteiger charge is -2.19. The van der Waals surface area contributed by atoms with Crippen LogP contribution in [-0.4, -0.2) is 14.4 Å². The Morgan fingerprint density at radius 3 is 2.50 bits per heavy atom. The van der Waals surface area contributed by atoms with E-state index in [0.29, 0.717) is 0 Å². The molecule has 0 N–H and O–H groups in total. The molecule has 3 nitrogen and oxygen atoms in total. The van der Waals surface area contributed by atoms with Gasteiger partial charge in [0.2, 0.25) is 0 Å². The summed E-state index contributed by atoms with van der Waals surface area (Å²) in [5.74, 6) is 1.02. The van der Waals surface area contributed by atoms with Crippen molar-refractivity contribution in [3.63, 3.8) is 0 Å². The molecule has 0 saturated carbocycles. The Morgan fingerprint density at radius 1 is 0.812 bits per heavy atom. The summed E-state index contributed by atoms with van der Waals surface area (Å²) < 4.78 is 2.30. The number of rotatable bonds is 1. The van der Waals surface area contributed by atoms with E-state index in [-0.39, 0.29) is 0 Å². The van der Waals surface area contributed by atoms with Crippen molar-refractivity contribution in [1.82, 2.24) is 14.4 Å². The fraction of sp³-hybridized carbons (Fsp3) is 0.172. The maximum Gasteiger partial charge on any atom is 0.148 e. The van der Waals surface area contributed by atoms with Crippen LogP contribution < -0.4 is 10.4 Å². The third-order valence-corrected chi connectivity index (χ3v) is 7.05. The summed E-state index contributed by atoms with van der Waals surface area (Å²) in [6.45, 7) is 2.26. The summed E-state index contributed by atoms with van der Waals surface area (Å²) in [4.78, 5) is 10.4. The molecule has 3 heteroatoms. The van der Waals surface area contributed by atoms with Gasteiger partial charge in [0.1, 0.15) is 11.5 Å². The number of imidazole rings is 1. The summed E-state index contributed by atoms with van der Waals surface area (Å²) in [7, 11) is 0. The van der Waals surface area contributed by atoms with Gasteiger partial charge in [0, 0.05) is 11.1 Å². The molecule has 154 valence electrons. The average Bonchev–Trinajstić information content (AvgIpc) is 3.24. The van der Waals surface area contributed by atoms with E-state index in [9.17, 15) is 0 Å². The van der Waals surface area contributed by atoms with Crippen LogP contribution in [0.4, 0.5) is 0 Å². The number of aromatic nitrogens is 3. The van der Waals surface area contributed by atoms with Crippen LogP contribution in [-0.2, 0) is 6.42 Å². The van der Waals surface area contributed by atoms with Crippen molar-refractivity contribution in [3.8, 4) is 11.4 Å². The number of aryl methyl sites for hydroxylation is 2. The van der Waals surface area contributed by atoms with Crippen molar-refractivity contribution in [1.29, 1.82) is 0 Å². The van der Waals surface area contributed by atoms with Crippen LogP contribution in [0.15, 0.2) is 54.6 Å². The normalized spacial score (nSPS) is 14.9. The second-order valence-electron chi connectivity index (χ2n) is 8.85. The molecular formula is C29H23N3. The van der Waals surface area contributed by atoms with Crippen LogP contribution >= 0.6 is 0 Å². The molecule has 2 aliphatic rings. The first-order chi connectivity index (χ1) is 15.8. The Hall–Kier alpha value is -3.72. The molecule has 2 aromatic heterocycles. The first kappa shape index (κ1) is 17.9. The van der Waals surface area contributed by atoms with Crippen LogP contribution in [0.5, 0.6) is 0 Å². The molecule has 5 aromatic rings. The van der Waals surface area contributed by atoms with Crippen LogP contribution in [0.1, 0.15) is 36.1 Å². The van der Waals surface area contributed by atoms with Gasteiger partial charge in [-0.3, -0.25) is 4.40 Å². The Bertz CT molecular complexity index is 1730. The molecule has 0 bridgehead atoms. The van der Waals surface area contributed by atoms with Crippen LogP contribution in [0.2, 0.25) is 0 Å². The van der Waals surface area contributed by atoms with Crippen molar-refractivity contribution in [2.75, 3.05) is 0 Å². The monoisotopic (exact) mass is 413 g/mol. The molecule has 3 aromatic carbocycles. The van der Waals surface area contributed by atoms with Crippen molar-refractivity contribution in [3.05, 3.63) is 81.9 Å². The second kappa shape index (κ2) is 6.64. The molecule has 2 aliphatic carbocycles. The molecule has 0 aliphatic heterocycles. The summed E-state index contributed by atoms with van der Waals surface area (Å²) in [6.07, 6.45) is 13.4. The first-order valence-corrected chi connectivity index (χ1v) is 11.5. The highest BCUT2D eigenvalue weighted by Gasteiger charge is 2.22. The van der Waals surface area contributed by atoms with Gasteiger partial charge < -0.3 is 0 Å². The quantitative estimate of drug-likeness (QED) is 0.372. The van der Waals surface area contributed by atoms with E-state index in [2.05, 4.69) is 84.2 Å². The van der Waals surface area contributed by atoms with E-state index < -0.39 is 0 Å². The number of para-hydroxylation sites is 2. The molecule has 0 unspecified atom stereocenters. The fourth-order valence-corrected chi connectivity index (χ4v) is 5.56. The van der Waals surface area contributed by atoms with Gasteiger partial charge in [-0.2, -0.15) is 0 Å². The largest absolute Gasteiger partial charge is 0.276 e. The molecule has 0 atom stereocenters. The molecule has 0 amide bonds. The highest BCUT2D eigenvalue weighted by Crippen LogP contribution is 2.33. The number of nitrogens with zero attached hydrogens (tertiary/aromatic N) is 3. The zero-order chi connectivity index (χ0) is 21.2. The van der Waals surface area contributed by atoms with E-state index in [1.54, 1.807) is 0 Å².